The van der Waals surface area contributed by atoms with Gasteiger partial charge in [-0.05, 0) is 43.6 Å². The van der Waals surface area contributed by atoms with Gasteiger partial charge in [0.15, 0.2) is 0 Å². The topological polar surface area (TPSA) is 38.5 Å². The third-order valence-corrected chi connectivity index (χ3v) is 5.88. The maximum absolute atomic E-state index is 6.30. The summed E-state index contributed by atoms with van der Waals surface area (Å²) in [4.78, 5) is 4.19. The lowest BCUT2D eigenvalue weighted by Gasteiger charge is -2.48. The van der Waals surface area contributed by atoms with E-state index in [1.165, 1.54) is 30.6 Å². The molecule has 1 aromatic rings. The summed E-state index contributed by atoms with van der Waals surface area (Å²) in [5.41, 5.74) is 6.45. The molecule has 0 amide bonds. The zero-order valence-electron chi connectivity index (χ0n) is 13.1. The van der Waals surface area contributed by atoms with Gasteiger partial charge in [0.05, 0.1) is 6.10 Å². The molecule has 1 saturated heterocycles. The Bertz CT molecular complexity index is 430. The van der Waals surface area contributed by atoms with Crippen molar-refractivity contribution >= 4 is 11.3 Å². The van der Waals surface area contributed by atoms with E-state index in [0.717, 1.165) is 38.6 Å². The highest BCUT2D eigenvalue weighted by Gasteiger charge is 2.46. The molecule has 21 heavy (non-hydrogen) atoms. The standard InChI is InChI=1S/C17H28N2OS/c1-2-4-15-11-17(13-18,8-9-20-15)19(14-6-7-14)12-16-5-3-10-21-16/h3,5,10,14-15H,2,4,6-9,11-13,18H2,1H3. The van der Waals surface area contributed by atoms with Gasteiger partial charge in [-0.3, -0.25) is 4.90 Å². The fraction of sp³-hybridized carbons (Fsp3) is 0.765. The van der Waals surface area contributed by atoms with Gasteiger partial charge in [0.1, 0.15) is 0 Å². The van der Waals surface area contributed by atoms with E-state index in [4.69, 9.17) is 10.5 Å². The molecular formula is C17H28N2OS. The van der Waals surface area contributed by atoms with Gasteiger partial charge in [-0.25, -0.2) is 0 Å². The third-order valence-electron chi connectivity index (χ3n) is 5.02. The van der Waals surface area contributed by atoms with E-state index in [0.29, 0.717) is 6.10 Å². The molecule has 3 nitrogen and oxygen atoms in total. The summed E-state index contributed by atoms with van der Waals surface area (Å²) in [6, 6.07) is 5.16. The Kier molecular flexibility index (Phi) is 4.99. The summed E-state index contributed by atoms with van der Waals surface area (Å²) in [5, 5.41) is 2.18. The van der Waals surface area contributed by atoms with Crippen LogP contribution in [0.5, 0.6) is 0 Å². The highest BCUT2D eigenvalue weighted by molar-refractivity contribution is 7.09. The molecule has 0 bridgehead atoms. The lowest BCUT2D eigenvalue weighted by molar-refractivity contribution is -0.0793. The first-order valence-electron chi connectivity index (χ1n) is 8.38. The molecule has 1 aliphatic carbocycles. The molecule has 0 spiro atoms. The molecule has 0 aromatic carbocycles. The van der Waals surface area contributed by atoms with Crippen LogP contribution in [0.2, 0.25) is 0 Å². The van der Waals surface area contributed by atoms with E-state index in [9.17, 15) is 0 Å². The first-order chi connectivity index (χ1) is 10.3. The summed E-state index contributed by atoms with van der Waals surface area (Å²) in [7, 11) is 0. The Labute approximate surface area is 132 Å². The van der Waals surface area contributed by atoms with Crippen molar-refractivity contribution in [3.63, 3.8) is 0 Å². The van der Waals surface area contributed by atoms with Gasteiger partial charge in [0.25, 0.3) is 0 Å². The number of nitrogens with two attached hydrogens (primary N) is 1. The molecule has 1 aromatic heterocycles. The summed E-state index contributed by atoms with van der Waals surface area (Å²) >= 11 is 1.87. The zero-order chi connectivity index (χ0) is 14.7. The third kappa shape index (κ3) is 3.50. The van der Waals surface area contributed by atoms with E-state index in [1.54, 1.807) is 0 Å². The Balaban J connectivity index is 1.77. The predicted molar refractivity (Wildman–Crippen MR) is 88.6 cm³/mol. The zero-order valence-corrected chi connectivity index (χ0v) is 13.9. The van der Waals surface area contributed by atoms with Gasteiger partial charge in [-0.2, -0.15) is 0 Å². The lowest BCUT2D eigenvalue weighted by Crippen LogP contribution is -2.59. The van der Waals surface area contributed by atoms with Crippen molar-refractivity contribution in [2.75, 3.05) is 13.2 Å². The summed E-state index contributed by atoms with van der Waals surface area (Å²) < 4.78 is 5.98. The number of ether oxygens (including phenoxy) is 1. The van der Waals surface area contributed by atoms with Crippen LogP contribution < -0.4 is 5.73 Å². The normalized spacial score (nSPS) is 30.0. The van der Waals surface area contributed by atoms with E-state index < -0.39 is 0 Å². The minimum atomic E-state index is 0.156. The van der Waals surface area contributed by atoms with Gasteiger partial charge in [0.2, 0.25) is 0 Å². The van der Waals surface area contributed by atoms with Crippen LogP contribution in [-0.2, 0) is 11.3 Å². The summed E-state index contributed by atoms with van der Waals surface area (Å²) in [6.07, 6.45) is 7.64. The van der Waals surface area contributed by atoms with Gasteiger partial charge in [-0.1, -0.05) is 19.4 Å². The van der Waals surface area contributed by atoms with E-state index >= 15 is 0 Å². The Morgan fingerprint density at radius 3 is 2.95 bits per heavy atom. The minimum Gasteiger partial charge on any atom is -0.378 e. The quantitative estimate of drug-likeness (QED) is 0.839. The first-order valence-corrected chi connectivity index (χ1v) is 9.26. The summed E-state index contributed by atoms with van der Waals surface area (Å²) in [5.74, 6) is 0. The molecule has 118 valence electrons. The SMILES string of the molecule is CCCC1CC(CN)(N(Cc2cccs2)C2CC2)CCO1. The highest BCUT2D eigenvalue weighted by Crippen LogP contribution is 2.41. The molecule has 2 fully saturated rings. The van der Waals surface area contributed by atoms with Crippen LogP contribution in [0.4, 0.5) is 0 Å². The average molecular weight is 308 g/mol. The van der Waals surface area contributed by atoms with Crippen LogP contribution in [0.1, 0.15) is 50.3 Å². The van der Waals surface area contributed by atoms with Gasteiger partial charge < -0.3 is 10.5 Å². The molecule has 2 N–H and O–H groups in total. The molecule has 2 atom stereocenters. The van der Waals surface area contributed by atoms with E-state index in [1.807, 2.05) is 11.3 Å². The largest absolute Gasteiger partial charge is 0.378 e. The minimum absolute atomic E-state index is 0.156. The molecule has 1 saturated carbocycles. The molecule has 1 aliphatic heterocycles. The van der Waals surface area contributed by atoms with Crippen LogP contribution in [0, 0.1) is 0 Å². The maximum Gasteiger partial charge on any atom is 0.0593 e. The highest BCUT2D eigenvalue weighted by atomic mass is 32.1. The molecule has 4 heteroatoms. The maximum atomic E-state index is 6.30. The Hall–Kier alpha value is -0.420. The van der Waals surface area contributed by atoms with E-state index in [-0.39, 0.29) is 5.54 Å². The summed E-state index contributed by atoms with van der Waals surface area (Å²) in [6.45, 7) is 4.94. The molecule has 2 unspecified atom stereocenters. The molecule has 2 aliphatic rings. The number of thiophene rings is 1. The molecule has 2 heterocycles. The second kappa shape index (κ2) is 6.78. The number of rotatable bonds is 7. The Morgan fingerprint density at radius 2 is 2.33 bits per heavy atom. The number of nitrogens with zero attached hydrogens (tertiary/aromatic N) is 1. The average Bonchev–Trinajstić information content (AvgIpc) is 3.21. The molecular weight excluding hydrogens is 280 g/mol. The van der Waals surface area contributed by atoms with Crippen molar-refractivity contribution in [3.8, 4) is 0 Å². The van der Waals surface area contributed by atoms with Crippen LogP contribution in [-0.4, -0.2) is 35.7 Å². The predicted octanol–water partition coefficient (Wildman–Crippen LogP) is 3.39. The van der Waals surface area contributed by atoms with Gasteiger partial charge in [-0.15, -0.1) is 11.3 Å². The molecule has 3 rings (SSSR count). The number of hydrogen-bond donors (Lipinski definition) is 1. The van der Waals surface area contributed by atoms with Crippen molar-refractivity contribution in [2.24, 2.45) is 5.73 Å². The van der Waals surface area contributed by atoms with E-state index in [2.05, 4.69) is 29.3 Å². The van der Waals surface area contributed by atoms with Gasteiger partial charge >= 0.3 is 0 Å². The van der Waals surface area contributed by atoms with Crippen molar-refractivity contribution in [1.29, 1.82) is 0 Å². The van der Waals surface area contributed by atoms with Crippen LogP contribution >= 0.6 is 11.3 Å². The number of hydrogen-bond acceptors (Lipinski definition) is 4. The first kappa shape index (κ1) is 15.5. The second-order valence-corrected chi connectivity index (χ2v) is 7.63. The van der Waals surface area contributed by atoms with Crippen LogP contribution in [0.3, 0.4) is 0 Å². The second-order valence-electron chi connectivity index (χ2n) is 6.60. The van der Waals surface area contributed by atoms with Crippen LogP contribution in [0.25, 0.3) is 0 Å². The fourth-order valence-corrected chi connectivity index (χ4v) is 4.41. The van der Waals surface area contributed by atoms with Crippen LogP contribution in [0.15, 0.2) is 17.5 Å². The van der Waals surface area contributed by atoms with Crippen molar-refractivity contribution in [1.82, 2.24) is 4.90 Å². The fourth-order valence-electron chi connectivity index (χ4n) is 3.71. The Morgan fingerprint density at radius 1 is 1.48 bits per heavy atom. The van der Waals surface area contributed by atoms with Crippen molar-refractivity contribution in [2.45, 2.75) is 69.7 Å². The van der Waals surface area contributed by atoms with Crippen molar-refractivity contribution in [3.05, 3.63) is 22.4 Å². The lowest BCUT2D eigenvalue weighted by atomic mass is 9.83. The van der Waals surface area contributed by atoms with Crippen molar-refractivity contribution < 1.29 is 4.74 Å². The molecule has 0 radical (unpaired) electrons. The smallest absolute Gasteiger partial charge is 0.0593 e. The van der Waals surface area contributed by atoms with Gasteiger partial charge in [0, 0.05) is 36.2 Å². The monoisotopic (exact) mass is 308 g/mol.